The number of fused-ring (bicyclic) bond motifs is 1. The van der Waals surface area contributed by atoms with Crippen LogP contribution in [0.5, 0.6) is 0 Å². The second-order valence-corrected chi connectivity index (χ2v) is 4.37. The van der Waals surface area contributed by atoms with Crippen molar-refractivity contribution < 1.29 is 13.2 Å². The van der Waals surface area contributed by atoms with Crippen molar-refractivity contribution in [1.82, 2.24) is 19.9 Å². The van der Waals surface area contributed by atoms with Crippen molar-refractivity contribution >= 4 is 11.2 Å². The number of aryl methyl sites for hydroxylation is 1. The Balaban J connectivity index is 2.17. The Hall–Kier alpha value is -2.44. The average molecular weight is 278 g/mol. The summed E-state index contributed by atoms with van der Waals surface area (Å²) in [7, 11) is 0. The van der Waals surface area contributed by atoms with E-state index in [1.54, 1.807) is 6.92 Å². The molecular weight excluding hydrogens is 269 g/mol. The third-order valence-corrected chi connectivity index (χ3v) is 2.98. The van der Waals surface area contributed by atoms with Gasteiger partial charge in [-0.1, -0.05) is 6.07 Å². The van der Waals surface area contributed by atoms with Crippen molar-refractivity contribution in [3.05, 3.63) is 41.9 Å². The van der Waals surface area contributed by atoms with Crippen LogP contribution in [0.3, 0.4) is 0 Å². The fraction of sp³-hybridized carbons (Fsp3) is 0.154. The number of nitrogens with zero attached hydrogens (tertiary/aromatic N) is 3. The van der Waals surface area contributed by atoms with Gasteiger partial charge >= 0.3 is 6.18 Å². The second-order valence-electron chi connectivity index (χ2n) is 4.37. The van der Waals surface area contributed by atoms with E-state index in [0.29, 0.717) is 28.1 Å². The van der Waals surface area contributed by atoms with Gasteiger partial charge in [-0.15, -0.1) is 0 Å². The number of alkyl halides is 3. The van der Waals surface area contributed by atoms with Gasteiger partial charge in [0.1, 0.15) is 17.7 Å². The van der Waals surface area contributed by atoms with Crippen LogP contribution in [-0.2, 0) is 6.18 Å². The molecule has 0 radical (unpaired) electrons. The predicted molar refractivity (Wildman–Crippen MR) is 66.9 cm³/mol. The van der Waals surface area contributed by atoms with Crippen molar-refractivity contribution in [2.24, 2.45) is 0 Å². The largest absolute Gasteiger partial charge is 0.416 e. The molecule has 7 heteroatoms. The zero-order valence-corrected chi connectivity index (χ0v) is 10.4. The molecule has 0 fully saturated rings. The molecule has 0 saturated heterocycles. The Bertz CT molecular complexity index is 744. The predicted octanol–water partition coefficient (Wildman–Crippen LogP) is 3.35. The molecule has 0 bridgehead atoms. The van der Waals surface area contributed by atoms with Crippen LogP contribution in [0.2, 0.25) is 0 Å². The van der Waals surface area contributed by atoms with E-state index in [4.69, 9.17) is 0 Å². The fourth-order valence-electron chi connectivity index (χ4n) is 1.94. The number of aromatic nitrogens is 4. The monoisotopic (exact) mass is 278 g/mol. The number of imidazole rings is 1. The first-order chi connectivity index (χ1) is 9.45. The van der Waals surface area contributed by atoms with Gasteiger partial charge in [-0.25, -0.2) is 15.0 Å². The second kappa shape index (κ2) is 4.29. The van der Waals surface area contributed by atoms with Crippen LogP contribution in [0.4, 0.5) is 13.2 Å². The first-order valence-electron chi connectivity index (χ1n) is 5.79. The van der Waals surface area contributed by atoms with Crippen LogP contribution < -0.4 is 0 Å². The summed E-state index contributed by atoms with van der Waals surface area (Å²) in [5.41, 5.74) is 1.40. The van der Waals surface area contributed by atoms with Crippen molar-refractivity contribution in [3.8, 4) is 11.4 Å². The van der Waals surface area contributed by atoms with Gasteiger partial charge in [0.05, 0.1) is 11.8 Å². The highest BCUT2D eigenvalue weighted by Crippen LogP contribution is 2.33. The number of rotatable bonds is 1. The highest BCUT2D eigenvalue weighted by atomic mass is 19.4. The molecule has 4 nitrogen and oxygen atoms in total. The minimum absolute atomic E-state index is 0.351. The van der Waals surface area contributed by atoms with E-state index >= 15 is 0 Å². The summed E-state index contributed by atoms with van der Waals surface area (Å²) in [5, 5.41) is 0. The van der Waals surface area contributed by atoms with Crippen molar-refractivity contribution in [2.45, 2.75) is 13.1 Å². The molecule has 0 atom stereocenters. The van der Waals surface area contributed by atoms with E-state index < -0.39 is 11.7 Å². The summed E-state index contributed by atoms with van der Waals surface area (Å²) in [4.78, 5) is 14.9. The SMILES string of the molecule is Cc1ccc(C(F)(F)F)cc1-c1nc2ncncc2[nH]1. The molecule has 2 aromatic heterocycles. The van der Waals surface area contributed by atoms with E-state index in [2.05, 4.69) is 19.9 Å². The first kappa shape index (κ1) is 12.6. The number of benzene rings is 1. The Morgan fingerprint density at radius 1 is 1.20 bits per heavy atom. The lowest BCUT2D eigenvalue weighted by molar-refractivity contribution is -0.137. The minimum Gasteiger partial charge on any atom is -0.335 e. The topological polar surface area (TPSA) is 54.5 Å². The fourth-order valence-corrected chi connectivity index (χ4v) is 1.94. The summed E-state index contributed by atoms with van der Waals surface area (Å²) in [6.07, 6.45) is -1.51. The number of hydrogen-bond donors (Lipinski definition) is 1. The molecule has 1 aromatic carbocycles. The van der Waals surface area contributed by atoms with Gasteiger partial charge in [0, 0.05) is 5.56 Å². The first-order valence-corrected chi connectivity index (χ1v) is 5.79. The van der Waals surface area contributed by atoms with E-state index in [9.17, 15) is 13.2 Å². The van der Waals surface area contributed by atoms with Crippen LogP contribution in [-0.4, -0.2) is 19.9 Å². The molecule has 0 aliphatic carbocycles. The van der Waals surface area contributed by atoms with Crippen LogP contribution in [0, 0.1) is 6.92 Å². The molecule has 0 spiro atoms. The lowest BCUT2D eigenvalue weighted by Gasteiger charge is -2.09. The summed E-state index contributed by atoms with van der Waals surface area (Å²) >= 11 is 0. The maximum atomic E-state index is 12.8. The molecule has 3 aromatic rings. The van der Waals surface area contributed by atoms with Gasteiger partial charge in [-0.2, -0.15) is 13.2 Å². The molecule has 0 amide bonds. The number of aromatic amines is 1. The lowest BCUT2D eigenvalue weighted by Crippen LogP contribution is -2.05. The van der Waals surface area contributed by atoms with Gasteiger partial charge in [-0.05, 0) is 24.6 Å². The van der Waals surface area contributed by atoms with Crippen molar-refractivity contribution in [2.75, 3.05) is 0 Å². The molecule has 0 aliphatic rings. The Kier molecular flexibility index (Phi) is 2.70. The zero-order valence-electron chi connectivity index (χ0n) is 10.4. The van der Waals surface area contributed by atoms with Crippen molar-refractivity contribution in [3.63, 3.8) is 0 Å². The van der Waals surface area contributed by atoms with Crippen LogP contribution >= 0.6 is 0 Å². The van der Waals surface area contributed by atoms with Crippen LogP contribution in [0.1, 0.15) is 11.1 Å². The molecule has 20 heavy (non-hydrogen) atoms. The Morgan fingerprint density at radius 2 is 2.00 bits per heavy atom. The average Bonchev–Trinajstić information content (AvgIpc) is 2.81. The molecule has 3 rings (SSSR count). The summed E-state index contributed by atoms with van der Waals surface area (Å²) in [6, 6.07) is 3.57. The summed E-state index contributed by atoms with van der Waals surface area (Å²) < 4.78 is 38.3. The van der Waals surface area contributed by atoms with E-state index in [0.717, 1.165) is 12.1 Å². The number of hydrogen-bond acceptors (Lipinski definition) is 3. The van der Waals surface area contributed by atoms with Gasteiger partial charge in [0.15, 0.2) is 5.65 Å². The van der Waals surface area contributed by atoms with Crippen LogP contribution in [0.25, 0.3) is 22.6 Å². The Morgan fingerprint density at radius 3 is 2.70 bits per heavy atom. The lowest BCUT2D eigenvalue weighted by atomic mass is 10.0. The quantitative estimate of drug-likeness (QED) is 0.742. The maximum Gasteiger partial charge on any atom is 0.416 e. The normalized spacial score (nSPS) is 12.0. The molecular formula is C13H9F3N4. The standard InChI is InChI=1S/C13H9F3N4/c1-7-2-3-8(13(14,15)16)4-9(7)11-19-10-5-17-6-18-12(10)20-11/h2-6H,1H3,(H,17,18,19,20). The smallest absolute Gasteiger partial charge is 0.335 e. The Labute approximate surface area is 111 Å². The molecule has 0 unspecified atom stereocenters. The number of H-pyrrole nitrogens is 1. The van der Waals surface area contributed by atoms with E-state index in [1.807, 2.05) is 0 Å². The highest BCUT2D eigenvalue weighted by molar-refractivity contribution is 5.75. The van der Waals surface area contributed by atoms with Gasteiger partial charge in [-0.3, -0.25) is 0 Å². The zero-order chi connectivity index (χ0) is 14.3. The van der Waals surface area contributed by atoms with Crippen LogP contribution in [0.15, 0.2) is 30.7 Å². The molecule has 1 N–H and O–H groups in total. The van der Waals surface area contributed by atoms with E-state index in [1.165, 1.54) is 18.6 Å². The van der Waals surface area contributed by atoms with Gasteiger partial charge < -0.3 is 4.98 Å². The van der Waals surface area contributed by atoms with Crippen molar-refractivity contribution in [1.29, 1.82) is 0 Å². The molecule has 0 saturated carbocycles. The highest BCUT2D eigenvalue weighted by Gasteiger charge is 2.31. The van der Waals surface area contributed by atoms with E-state index in [-0.39, 0.29) is 0 Å². The molecule has 102 valence electrons. The molecule has 2 heterocycles. The molecule has 0 aliphatic heterocycles. The van der Waals surface area contributed by atoms with Gasteiger partial charge in [0.2, 0.25) is 0 Å². The number of halogens is 3. The summed E-state index contributed by atoms with van der Waals surface area (Å²) in [5.74, 6) is 0.351. The van der Waals surface area contributed by atoms with Gasteiger partial charge in [0.25, 0.3) is 0 Å². The number of nitrogens with one attached hydrogen (secondary N) is 1. The summed E-state index contributed by atoms with van der Waals surface area (Å²) in [6.45, 7) is 1.73. The maximum absolute atomic E-state index is 12.8. The third-order valence-electron chi connectivity index (χ3n) is 2.98. The minimum atomic E-state index is -4.38. The third kappa shape index (κ3) is 2.11.